The molecule has 1 fully saturated rings. The van der Waals surface area contributed by atoms with Crippen LogP contribution in [0.4, 0.5) is 0 Å². The van der Waals surface area contributed by atoms with Gasteiger partial charge in [-0.2, -0.15) is 0 Å². The minimum atomic E-state index is -0.354. The van der Waals surface area contributed by atoms with E-state index in [1.54, 1.807) is 11.2 Å². The van der Waals surface area contributed by atoms with Gasteiger partial charge in [0, 0.05) is 12.0 Å². The number of aliphatic imine (C=N–C) groups is 1. The van der Waals surface area contributed by atoms with Crippen LogP contribution < -0.4 is 5.32 Å². The average Bonchev–Trinajstić information content (AvgIpc) is 2.15. The van der Waals surface area contributed by atoms with E-state index in [9.17, 15) is 9.59 Å². The third kappa shape index (κ3) is 1.81. The lowest BCUT2D eigenvalue weighted by molar-refractivity contribution is -0.139. The maximum Gasteiger partial charge on any atom is 0.235 e. The number of carbonyl (C=O) groups excluding carboxylic acids is 2. The fraction of sp³-hybridized carbons (Fsp3) is 0.727. The molecule has 1 saturated heterocycles. The van der Waals surface area contributed by atoms with Crippen LogP contribution in [0.1, 0.15) is 33.6 Å². The van der Waals surface area contributed by atoms with Crippen LogP contribution in [0.25, 0.3) is 0 Å². The molecule has 5 heteroatoms. The highest BCUT2D eigenvalue weighted by Gasteiger charge is 2.41. The first-order chi connectivity index (χ1) is 7.39. The predicted octanol–water partition coefficient (Wildman–Crippen LogP) is 0.508. The van der Waals surface area contributed by atoms with Crippen molar-refractivity contribution in [3.05, 3.63) is 0 Å². The van der Waals surface area contributed by atoms with Crippen molar-refractivity contribution in [2.75, 3.05) is 0 Å². The fourth-order valence-corrected chi connectivity index (χ4v) is 2.06. The second-order valence-electron chi connectivity index (χ2n) is 5.30. The van der Waals surface area contributed by atoms with Gasteiger partial charge in [0.05, 0.1) is 12.3 Å². The summed E-state index contributed by atoms with van der Waals surface area (Å²) >= 11 is 0. The van der Waals surface area contributed by atoms with E-state index in [0.29, 0.717) is 12.8 Å². The Bertz CT molecular complexity index is 357. The maximum atomic E-state index is 12.2. The van der Waals surface area contributed by atoms with Crippen LogP contribution in [-0.2, 0) is 9.59 Å². The van der Waals surface area contributed by atoms with Crippen molar-refractivity contribution in [2.45, 2.75) is 45.3 Å². The van der Waals surface area contributed by atoms with Crippen LogP contribution >= 0.6 is 0 Å². The lowest BCUT2D eigenvalue weighted by atomic mass is 9.91. The van der Waals surface area contributed by atoms with Gasteiger partial charge in [0.15, 0.2) is 0 Å². The van der Waals surface area contributed by atoms with Gasteiger partial charge in [-0.25, -0.2) is 4.99 Å². The van der Waals surface area contributed by atoms with Crippen LogP contribution in [0, 0.1) is 5.92 Å². The van der Waals surface area contributed by atoms with Crippen molar-refractivity contribution in [3.8, 4) is 0 Å². The molecule has 1 N–H and O–H groups in total. The number of nitrogens with zero attached hydrogens (tertiary/aromatic N) is 2. The second kappa shape index (κ2) is 3.57. The number of amides is 2. The number of nitrogens with one attached hydrogen (secondary N) is 1. The van der Waals surface area contributed by atoms with Gasteiger partial charge >= 0.3 is 0 Å². The van der Waals surface area contributed by atoms with E-state index in [-0.39, 0.29) is 29.4 Å². The molecule has 2 amide bonds. The van der Waals surface area contributed by atoms with Gasteiger partial charge in [0.1, 0.15) is 6.17 Å². The number of fused-ring (bicyclic) bond motifs is 1. The zero-order chi connectivity index (χ0) is 11.9. The van der Waals surface area contributed by atoms with Gasteiger partial charge in [-0.15, -0.1) is 0 Å². The SMILES string of the molecule is CC(C)(C)N1C=NC2NC(=O)CCC2C1=O. The van der Waals surface area contributed by atoms with Crippen molar-refractivity contribution in [2.24, 2.45) is 10.9 Å². The highest BCUT2D eigenvalue weighted by atomic mass is 16.2. The monoisotopic (exact) mass is 223 g/mol. The molecular formula is C11H17N3O2. The number of carbonyl (C=O) groups is 2. The number of piperidine rings is 1. The number of hydrogen-bond donors (Lipinski definition) is 1. The molecule has 2 aliphatic rings. The highest BCUT2D eigenvalue weighted by molar-refractivity contribution is 5.94. The number of rotatable bonds is 0. The van der Waals surface area contributed by atoms with Crippen LogP contribution in [0.2, 0.25) is 0 Å². The van der Waals surface area contributed by atoms with Crippen molar-refractivity contribution in [1.82, 2.24) is 10.2 Å². The third-order valence-corrected chi connectivity index (χ3v) is 2.99. The summed E-state index contributed by atoms with van der Waals surface area (Å²) in [6, 6.07) is 0. The smallest absolute Gasteiger partial charge is 0.235 e. The summed E-state index contributed by atoms with van der Waals surface area (Å²) < 4.78 is 0. The van der Waals surface area contributed by atoms with Gasteiger partial charge in [-0.3, -0.25) is 14.5 Å². The summed E-state index contributed by atoms with van der Waals surface area (Å²) in [7, 11) is 0. The zero-order valence-corrected chi connectivity index (χ0v) is 9.86. The van der Waals surface area contributed by atoms with Gasteiger partial charge in [0.25, 0.3) is 0 Å². The summed E-state index contributed by atoms with van der Waals surface area (Å²) in [6.45, 7) is 5.91. The third-order valence-electron chi connectivity index (χ3n) is 2.99. The molecule has 0 spiro atoms. The second-order valence-corrected chi connectivity index (χ2v) is 5.30. The van der Waals surface area contributed by atoms with Crippen LogP contribution in [0.3, 0.4) is 0 Å². The quantitative estimate of drug-likeness (QED) is 0.650. The van der Waals surface area contributed by atoms with Crippen LogP contribution in [-0.4, -0.2) is 34.8 Å². The average molecular weight is 223 g/mol. The Morgan fingerprint density at radius 1 is 1.44 bits per heavy atom. The number of hydrogen-bond acceptors (Lipinski definition) is 3. The van der Waals surface area contributed by atoms with E-state index in [1.807, 2.05) is 20.8 Å². The molecule has 2 aliphatic heterocycles. The van der Waals surface area contributed by atoms with Crippen molar-refractivity contribution >= 4 is 18.2 Å². The molecule has 0 aromatic heterocycles. The molecule has 16 heavy (non-hydrogen) atoms. The minimum absolute atomic E-state index is 0.0181. The highest BCUT2D eigenvalue weighted by Crippen LogP contribution is 2.27. The summed E-state index contributed by atoms with van der Waals surface area (Å²) in [6.07, 6.45) is 2.21. The lowest BCUT2D eigenvalue weighted by Crippen LogP contribution is -2.57. The van der Waals surface area contributed by atoms with Gasteiger partial charge < -0.3 is 5.32 Å². The maximum absolute atomic E-state index is 12.2. The Balaban J connectivity index is 2.23. The normalized spacial score (nSPS) is 30.1. The zero-order valence-electron chi connectivity index (χ0n) is 9.86. The topological polar surface area (TPSA) is 61.8 Å². The molecule has 0 saturated carbocycles. The Hall–Kier alpha value is -1.39. The molecule has 2 unspecified atom stereocenters. The van der Waals surface area contributed by atoms with Crippen LogP contribution in [0.15, 0.2) is 4.99 Å². The standard InChI is InChI=1S/C11H17N3O2/c1-11(2,3)14-6-12-9-7(10(14)16)4-5-8(15)13-9/h6-7,9H,4-5H2,1-3H3,(H,13,15). The molecule has 0 bridgehead atoms. The van der Waals surface area contributed by atoms with Crippen molar-refractivity contribution in [1.29, 1.82) is 0 Å². The summed E-state index contributed by atoms with van der Waals surface area (Å²) in [5, 5.41) is 2.74. The van der Waals surface area contributed by atoms with Gasteiger partial charge in [0.2, 0.25) is 11.8 Å². The van der Waals surface area contributed by atoms with E-state index in [0.717, 1.165) is 0 Å². The first kappa shape index (κ1) is 11.1. The predicted molar refractivity (Wildman–Crippen MR) is 59.7 cm³/mol. The molecule has 2 rings (SSSR count). The molecule has 2 atom stereocenters. The minimum Gasteiger partial charge on any atom is -0.334 e. The first-order valence-corrected chi connectivity index (χ1v) is 5.55. The first-order valence-electron chi connectivity index (χ1n) is 5.55. The molecule has 0 aromatic carbocycles. The lowest BCUT2D eigenvalue weighted by Gasteiger charge is -2.41. The van der Waals surface area contributed by atoms with E-state index in [4.69, 9.17) is 0 Å². The molecule has 5 nitrogen and oxygen atoms in total. The molecule has 0 aromatic rings. The Kier molecular flexibility index (Phi) is 2.48. The fourth-order valence-electron chi connectivity index (χ4n) is 2.06. The van der Waals surface area contributed by atoms with Gasteiger partial charge in [-0.1, -0.05) is 0 Å². The largest absolute Gasteiger partial charge is 0.334 e. The molecule has 0 radical (unpaired) electrons. The van der Waals surface area contributed by atoms with Crippen molar-refractivity contribution < 1.29 is 9.59 Å². The van der Waals surface area contributed by atoms with Crippen LogP contribution in [0.5, 0.6) is 0 Å². The Morgan fingerprint density at radius 3 is 2.75 bits per heavy atom. The molecular weight excluding hydrogens is 206 g/mol. The Labute approximate surface area is 94.9 Å². The molecule has 0 aliphatic carbocycles. The van der Waals surface area contributed by atoms with E-state index < -0.39 is 0 Å². The van der Waals surface area contributed by atoms with Crippen molar-refractivity contribution in [3.63, 3.8) is 0 Å². The van der Waals surface area contributed by atoms with Gasteiger partial charge in [-0.05, 0) is 27.2 Å². The molecule has 88 valence electrons. The van der Waals surface area contributed by atoms with E-state index >= 15 is 0 Å². The Morgan fingerprint density at radius 2 is 2.12 bits per heavy atom. The van der Waals surface area contributed by atoms with E-state index in [1.165, 1.54) is 0 Å². The van der Waals surface area contributed by atoms with E-state index in [2.05, 4.69) is 10.3 Å². The molecule has 2 heterocycles. The summed E-state index contributed by atoms with van der Waals surface area (Å²) in [5.41, 5.74) is -0.257. The summed E-state index contributed by atoms with van der Waals surface area (Å²) in [4.78, 5) is 29.3. The summed E-state index contributed by atoms with van der Waals surface area (Å²) in [5.74, 6) is -0.148.